The van der Waals surface area contributed by atoms with Crippen LogP contribution in [-0.4, -0.2) is 100 Å². The van der Waals surface area contributed by atoms with E-state index in [1.54, 1.807) is 18.2 Å². The van der Waals surface area contributed by atoms with Crippen LogP contribution in [0.25, 0.3) is 44.2 Å². The van der Waals surface area contributed by atoms with Crippen molar-refractivity contribution >= 4 is 45.8 Å². The molecule has 16 heteroatoms. The fourth-order valence-corrected chi connectivity index (χ4v) is 10.0. The Bertz CT molecular complexity index is 2810. The van der Waals surface area contributed by atoms with Crippen molar-refractivity contribution in [1.29, 1.82) is 0 Å². The molecule has 4 aromatic carbocycles. The van der Waals surface area contributed by atoms with E-state index in [9.17, 15) is 19.2 Å². The molecule has 4 N–H and O–H groups in total. The molecule has 3 aliphatic heterocycles. The average Bonchev–Trinajstić information content (AvgIpc) is 4.14. The highest BCUT2D eigenvalue weighted by Crippen LogP contribution is 2.45. The second-order valence-corrected chi connectivity index (χ2v) is 18.1. The number of alkyl carbamates (subject to hydrolysis) is 2. The number of ether oxygens (including phenoxy) is 4. The predicted octanol–water partition coefficient (Wildman–Crippen LogP) is 7.98. The van der Waals surface area contributed by atoms with Gasteiger partial charge in [-0.15, -0.1) is 0 Å². The number of nitrogens with zero attached hydrogens (tertiary/aromatic N) is 4. The average molecular weight is 897 g/mol. The molecule has 5 heterocycles. The number of nitrogens with one attached hydrogen (secondary N) is 4. The van der Waals surface area contributed by atoms with Gasteiger partial charge in [0.25, 0.3) is 5.91 Å². The van der Waals surface area contributed by atoms with Crippen molar-refractivity contribution in [2.45, 2.75) is 77.4 Å². The number of benzene rings is 4. The van der Waals surface area contributed by atoms with Crippen LogP contribution in [0.5, 0.6) is 5.75 Å². The maximum absolute atomic E-state index is 14.3. The molecule has 0 spiro atoms. The van der Waals surface area contributed by atoms with Gasteiger partial charge in [-0.1, -0.05) is 63.2 Å². The van der Waals surface area contributed by atoms with Crippen LogP contribution in [0, 0.1) is 17.8 Å². The Kier molecular flexibility index (Phi) is 12.2. The van der Waals surface area contributed by atoms with E-state index in [4.69, 9.17) is 28.9 Å². The van der Waals surface area contributed by atoms with Crippen molar-refractivity contribution in [2.75, 3.05) is 34.5 Å². The van der Waals surface area contributed by atoms with Crippen LogP contribution in [0.2, 0.25) is 0 Å². The molecule has 2 fully saturated rings. The first-order valence-corrected chi connectivity index (χ1v) is 22.5. The van der Waals surface area contributed by atoms with Crippen LogP contribution in [0.4, 0.5) is 9.59 Å². The van der Waals surface area contributed by atoms with Gasteiger partial charge in [-0.25, -0.2) is 19.6 Å². The first-order chi connectivity index (χ1) is 31.9. The van der Waals surface area contributed by atoms with E-state index >= 15 is 0 Å². The quantitative estimate of drug-likeness (QED) is 0.0991. The van der Waals surface area contributed by atoms with Gasteiger partial charge in [0, 0.05) is 42.1 Å². The van der Waals surface area contributed by atoms with Crippen LogP contribution in [0.15, 0.2) is 79.0 Å². The monoisotopic (exact) mass is 896 g/mol. The van der Waals surface area contributed by atoms with Crippen LogP contribution < -0.4 is 15.4 Å². The Labute approximate surface area is 382 Å². The predicted molar refractivity (Wildman–Crippen MR) is 247 cm³/mol. The van der Waals surface area contributed by atoms with E-state index in [0.29, 0.717) is 43.4 Å². The molecule has 0 unspecified atom stereocenters. The number of likely N-dealkylation sites (tertiary alicyclic amines) is 2. The number of hydrogen-bond donors (Lipinski definition) is 4. The molecule has 6 aromatic rings. The van der Waals surface area contributed by atoms with Gasteiger partial charge in [-0.2, -0.15) is 0 Å². The maximum atomic E-state index is 14.3. The Morgan fingerprint density at radius 1 is 0.848 bits per heavy atom. The number of amides is 4. The molecular formula is C50H56N8O8. The highest BCUT2D eigenvalue weighted by atomic mass is 16.5. The summed E-state index contributed by atoms with van der Waals surface area (Å²) >= 11 is 0. The molecular weight excluding hydrogens is 841 g/mol. The normalized spacial score (nSPS) is 21.0. The lowest BCUT2D eigenvalue weighted by Gasteiger charge is -2.33. The molecule has 0 bridgehead atoms. The lowest BCUT2D eigenvalue weighted by molar-refractivity contribution is -0.137. The van der Waals surface area contributed by atoms with E-state index in [2.05, 4.69) is 58.7 Å². The number of carbonyl (C=O) groups excluding carboxylic acids is 4. The minimum absolute atomic E-state index is 0.0631. The van der Waals surface area contributed by atoms with Crippen LogP contribution in [-0.2, 0) is 30.4 Å². The summed E-state index contributed by atoms with van der Waals surface area (Å²) in [6.07, 6.45) is 1.80. The first-order valence-electron chi connectivity index (χ1n) is 22.5. The zero-order valence-electron chi connectivity index (χ0n) is 38.2. The van der Waals surface area contributed by atoms with Crippen molar-refractivity contribution in [2.24, 2.45) is 17.8 Å². The highest BCUT2D eigenvalue weighted by molar-refractivity contribution is 6.06. The molecule has 344 valence electrons. The topological polar surface area (TPSA) is 193 Å². The van der Waals surface area contributed by atoms with Gasteiger partial charge in [0.1, 0.15) is 36.1 Å². The van der Waals surface area contributed by atoms with Gasteiger partial charge in [-0.05, 0) is 84.0 Å². The molecule has 2 aromatic heterocycles. The number of H-pyrrole nitrogens is 2. The molecule has 2 saturated heterocycles. The number of imidazole rings is 2. The summed E-state index contributed by atoms with van der Waals surface area (Å²) in [5, 5.41) is 7.50. The number of methoxy groups -OCH3 is 3. The largest absolute Gasteiger partial charge is 0.488 e. The van der Waals surface area contributed by atoms with Gasteiger partial charge in [0.05, 0.1) is 55.8 Å². The second-order valence-electron chi connectivity index (χ2n) is 18.1. The molecule has 9 rings (SSSR count). The van der Waals surface area contributed by atoms with Gasteiger partial charge < -0.3 is 49.3 Å². The lowest BCUT2D eigenvalue weighted by Crippen LogP contribution is -2.53. The zero-order chi connectivity index (χ0) is 46.4. The molecule has 3 aliphatic rings. The van der Waals surface area contributed by atoms with Gasteiger partial charge in [-0.3, -0.25) is 9.59 Å². The van der Waals surface area contributed by atoms with Crippen molar-refractivity contribution < 1.29 is 38.1 Å². The molecule has 0 radical (unpaired) electrons. The summed E-state index contributed by atoms with van der Waals surface area (Å²) in [7, 11) is 4.22. The van der Waals surface area contributed by atoms with Crippen molar-refractivity contribution in [3.63, 3.8) is 0 Å². The van der Waals surface area contributed by atoms with E-state index in [0.717, 1.165) is 61.9 Å². The van der Waals surface area contributed by atoms with E-state index in [1.807, 2.05) is 67.3 Å². The molecule has 66 heavy (non-hydrogen) atoms. The fraction of sp³-hybridized carbons (Fsp3) is 0.400. The molecule has 0 saturated carbocycles. The summed E-state index contributed by atoms with van der Waals surface area (Å²) < 4.78 is 21.7. The number of carbonyl (C=O) groups is 4. The first kappa shape index (κ1) is 44.3. The minimum Gasteiger partial charge on any atom is -0.488 e. The summed E-state index contributed by atoms with van der Waals surface area (Å²) in [6.45, 7) is 9.28. The summed E-state index contributed by atoms with van der Waals surface area (Å²) in [5.74, 6) is 1.80. The van der Waals surface area contributed by atoms with Crippen molar-refractivity contribution in [3.05, 3.63) is 102 Å². The molecule has 4 amide bonds. The van der Waals surface area contributed by atoms with E-state index < -0.39 is 24.3 Å². The molecule has 16 nitrogen and oxygen atoms in total. The number of rotatable bonds is 11. The Hall–Kier alpha value is -6.94. The lowest BCUT2D eigenvalue weighted by atomic mass is 9.92. The van der Waals surface area contributed by atoms with E-state index in [-0.39, 0.29) is 47.7 Å². The SMILES string of the molecule is COC[C@H]1C[C@@H](c2ncc(-c3ccc4c(c3)OCc3cc5c(ccc6[nH]c([C@@H]7C[C@@H](C)[C@@H](C)N7C(=O)[C@@H](NC(=O)OC)C(C)C)nc65)cc3-4)[nH]2)N(C(=O)[C@H](NC(=O)OC)c2ccccc2)C1. The van der Waals surface area contributed by atoms with Crippen LogP contribution in [0.1, 0.15) is 81.4 Å². The second kappa shape index (κ2) is 18.1. The summed E-state index contributed by atoms with van der Waals surface area (Å²) in [6, 6.07) is 21.3. The van der Waals surface area contributed by atoms with Crippen LogP contribution >= 0.6 is 0 Å². The Morgan fingerprint density at radius 2 is 1.62 bits per heavy atom. The van der Waals surface area contributed by atoms with Gasteiger partial charge in [0.2, 0.25) is 5.91 Å². The third-order valence-electron chi connectivity index (χ3n) is 13.6. The smallest absolute Gasteiger partial charge is 0.407 e. The fourth-order valence-electron chi connectivity index (χ4n) is 10.0. The summed E-state index contributed by atoms with van der Waals surface area (Å²) in [5.41, 5.74) is 7.06. The van der Waals surface area contributed by atoms with Crippen LogP contribution in [0.3, 0.4) is 0 Å². The van der Waals surface area contributed by atoms with Gasteiger partial charge >= 0.3 is 12.2 Å². The van der Waals surface area contributed by atoms with Crippen molar-refractivity contribution in [1.82, 2.24) is 40.4 Å². The standard InChI is InChI=1S/C50H56N8O8/c1-26(2)42(55-49(61)64-6)48(60)58-28(4)27(3)17-40(58)46-52-37-16-14-31-19-35-33(20-36(31)44(37)54-46)25-66-41-21-32(13-15-34(35)41)38-22-51-45(53-38)39-18-29(24-63-5)23-57(39)47(59)43(56-50(62)65-7)30-11-9-8-10-12-30/h8-16,19-22,26-29,39-40,42-43H,17-18,23-25H2,1-7H3,(H,51,53)(H,52,54)(H,55,61)(H,56,62)/t27-,28-,29+,39+,40+,42+,43-/m1/s1. The number of fused-ring (bicyclic) bond motifs is 6. The maximum Gasteiger partial charge on any atom is 0.407 e. The number of aromatic amines is 2. The zero-order valence-corrected chi connectivity index (χ0v) is 38.2. The number of hydrogen-bond acceptors (Lipinski definition) is 10. The molecule has 0 aliphatic carbocycles. The van der Waals surface area contributed by atoms with Gasteiger partial charge in [0.15, 0.2) is 0 Å². The Morgan fingerprint density at radius 3 is 2.36 bits per heavy atom. The number of aromatic nitrogens is 4. The van der Waals surface area contributed by atoms with E-state index in [1.165, 1.54) is 14.2 Å². The molecule has 7 atom stereocenters. The third-order valence-corrected chi connectivity index (χ3v) is 13.6. The summed E-state index contributed by atoms with van der Waals surface area (Å²) in [4.78, 5) is 73.8. The van der Waals surface area contributed by atoms with Crippen molar-refractivity contribution in [3.8, 4) is 28.1 Å². The third kappa shape index (κ3) is 8.18. The Balaban J connectivity index is 0.981. The minimum atomic E-state index is -0.952. The highest BCUT2D eigenvalue weighted by Gasteiger charge is 2.45.